The maximum absolute atomic E-state index is 15.2. The van der Waals surface area contributed by atoms with Crippen molar-refractivity contribution in [3.63, 3.8) is 0 Å². The molecule has 1 N–H and O–H groups in total. The molecule has 1 aromatic heterocycles. The van der Waals surface area contributed by atoms with Crippen LogP contribution in [0.4, 0.5) is 27.6 Å². The van der Waals surface area contributed by atoms with Gasteiger partial charge in [0.2, 0.25) is 5.91 Å². The zero-order chi connectivity index (χ0) is 29.9. The molecule has 1 saturated heterocycles. The second kappa shape index (κ2) is 12.0. The van der Waals surface area contributed by atoms with Crippen LogP contribution in [-0.4, -0.2) is 56.2 Å². The molecule has 14 heteroatoms. The van der Waals surface area contributed by atoms with Crippen LogP contribution in [0.5, 0.6) is 11.5 Å². The molecule has 0 radical (unpaired) electrons. The Morgan fingerprint density at radius 3 is 2.27 bits per heavy atom. The Balaban J connectivity index is 1.70. The van der Waals surface area contributed by atoms with Gasteiger partial charge in [0.25, 0.3) is 11.5 Å². The fraction of sp³-hybridized carbons (Fsp3) is 0.296. The SMILES string of the molecule is COCCn1cccc(N2C[C@@H](c3c(F)cc(OC)cc3F)[C@H](NC(=O)c3ccc(OC(F)(F)F)cc3)C2=O)c1=O. The molecule has 3 aromatic rings. The van der Waals surface area contributed by atoms with Gasteiger partial charge in [-0.25, -0.2) is 8.78 Å². The van der Waals surface area contributed by atoms with Crippen molar-refractivity contribution < 1.29 is 45.8 Å². The van der Waals surface area contributed by atoms with Gasteiger partial charge in [-0.05, 0) is 36.4 Å². The Kier molecular flexibility index (Phi) is 8.61. The lowest BCUT2D eigenvalue weighted by Gasteiger charge is -2.20. The minimum atomic E-state index is -4.94. The number of halogens is 5. The number of carbonyl (C=O) groups is 2. The lowest BCUT2D eigenvalue weighted by Crippen LogP contribution is -2.44. The van der Waals surface area contributed by atoms with E-state index in [2.05, 4.69) is 10.1 Å². The van der Waals surface area contributed by atoms with E-state index in [1.165, 1.54) is 37.1 Å². The zero-order valence-electron chi connectivity index (χ0n) is 21.7. The van der Waals surface area contributed by atoms with E-state index in [-0.39, 0.29) is 36.7 Å². The Hall–Kier alpha value is -4.46. The molecular formula is C27H24F5N3O6. The Morgan fingerprint density at radius 1 is 1.02 bits per heavy atom. The highest BCUT2D eigenvalue weighted by Crippen LogP contribution is 2.36. The van der Waals surface area contributed by atoms with Gasteiger partial charge in [-0.3, -0.25) is 14.4 Å². The van der Waals surface area contributed by atoms with Crippen molar-refractivity contribution in [2.45, 2.75) is 24.9 Å². The summed E-state index contributed by atoms with van der Waals surface area (Å²) >= 11 is 0. The molecule has 4 rings (SSSR count). The van der Waals surface area contributed by atoms with E-state index in [9.17, 15) is 27.6 Å². The van der Waals surface area contributed by atoms with Crippen LogP contribution < -0.4 is 25.2 Å². The molecule has 0 unspecified atom stereocenters. The highest BCUT2D eigenvalue weighted by Gasteiger charge is 2.46. The van der Waals surface area contributed by atoms with Crippen LogP contribution in [0.1, 0.15) is 21.8 Å². The predicted octanol–water partition coefficient (Wildman–Crippen LogP) is 3.61. The van der Waals surface area contributed by atoms with Crippen molar-refractivity contribution in [1.29, 1.82) is 0 Å². The molecule has 2 amide bonds. The Morgan fingerprint density at radius 2 is 1.68 bits per heavy atom. The maximum atomic E-state index is 15.2. The van der Waals surface area contributed by atoms with Gasteiger partial charge in [0.05, 0.1) is 13.7 Å². The first kappa shape index (κ1) is 29.5. The number of ether oxygens (including phenoxy) is 3. The van der Waals surface area contributed by atoms with Crippen LogP contribution in [0.15, 0.2) is 59.5 Å². The number of aromatic nitrogens is 1. The van der Waals surface area contributed by atoms with Crippen LogP contribution in [0.2, 0.25) is 0 Å². The minimum Gasteiger partial charge on any atom is -0.497 e. The van der Waals surface area contributed by atoms with E-state index >= 15 is 8.78 Å². The smallest absolute Gasteiger partial charge is 0.497 e. The fourth-order valence-electron chi connectivity index (χ4n) is 4.53. The van der Waals surface area contributed by atoms with E-state index in [0.29, 0.717) is 0 Å². The van der Waals surface area contributed by atoms with Crippen molar-refractivity contribution in [1.82, 2.24) is 9.88 Å². The van der Waals surface area contributed by atoms with Gasteiger partial charge in [-0.15, -0.1) is 13.2 Å². The average Bonchev–Trinajstić information content (AvgIpc) is 3.22. The van der Waals surface area contributed by atoms with E-state index in [0.717, 1.165) is 41.3 Å². The van der Waals surface area contributed by atoms with E-state index in [4.69, 9.17) is 9.47 Å². The standard InChI is InChI=1S/C27H24F5N3O6/c1-39-11-10-34-9-3-4-21(25(34)37)35-14-18(22-19(28)12-17(40-2)13-20(22)29)23(26(35)38)33-24(36)15-5-7-16(8-6-15)41-27(30,31)32/h3-9,12-13,18,23H,10-11,14H2,1-2H3,(H,33,36)/t18-,23-/m0/s1. The molecule has 41 heavy (non-hydrogen) atoms. The first-order valence-electron chi connectivity index (χ1n) is 12.1. The summed E-state index contributed by atoms with van der Waals surface area (Å²) in [6.45, 7) is 0.00407. The number of benzene rings is 2. The lowest BCUT2D eigenvalue weighted by molar-refractivity contribution is -0.274. The summed E-state index contributed by atoms with van der Waals surface area (Å²) in [5.74, 6) is -5.80. The third kappa shape index (κ3) is 6.48. The number of hydrogen-bond donors (Lipinski definition) is 1. The number of carbonyl (C=O) groups excluding carboxylic acids is 2. The number of methoxy groups -OCH3 is 2. The molecule has 0 saturated carbocycles. The van der Waals surface area contributed by atoms with Gasteiger partial charge in [-0.1, -0.05) is 0 Å². The number of hydrogen-bond acceptors (Lipinski definition) is 6. The highest BCUT2D eigenvalue weighted by atomic mass is 19.4. The molecule has 2 aromatic carbocycles. The summed E-state index contributed by atoms with van der Waals surface area (Å²) in [5.41, 5.74) is -1.32. The summed E-state index contributed by atoms with van der Waals surface area (Å²) in [6, 6.07) is 7.04. The predicted molar refractivity (Wildman–Crippen MR) is 135 cm³/mol. The Bertz CT molecular complexity index is 1470. The summed E-state index contributed by atoms with van der Waals surface area (Å²) in [7, 11) is 2.67. The van der Waals surface area contributed by atoms with Crippen LogP contribution in [-0.2, 0) is 16.1 Å². The van der Waals surface area contributed by atoms with Gasteiger partial charge in [0, 0.05) is 55.6 Å². The number of nitrogens with zero attached hydrogens (tertiary/aromatic N) is 2. The van der Waals surface area contributed by atoms with Crippen LogP contribution in [0.25, 0.3) is 0 Å². The number of pyridine rings is 1. The van der Waals surface area contributed by atoms with Gasteiger partial charge in [0.15, 0.2) is 0 Å². The lowest BCUT2D eigenvalue weighted by atomic mass is 9.92. The molecule has 0 spiro atoms. The summed E-state index contributed by atoms with van der Waals surface area (Å²) in [6.07, 6.45) is -3.46. The molecular weight excluding hydrogens is 557 g/mol. The number of alkyl halides is 3. The van der Waals surface area contributed by atoms with Crippen molar-refractivity contribution in [2.75, 3.05) is 32.3 Å². The number of anilines is 1. The van der Waals surface area contributed by atoms with Gasteiger partial charge < -0.3 is 29.0 Å². The molecule has 218 valence electrons. The van der Waals surface area contributed by atoms with Gasteiger partial charge in [-0.2, -0.15) is 0 Å². The maximum Gasteiger partial charge on any atom is 0.573 e. The highest BCUT2D eigenvalue weighted by molar-refractivity contribution is 6.05. The summed E-state index contributed by atoms with van der Waals surface area (Å²) < 4.78 is 82.7. The average molecular weight is 581 g/mol. The molecule has 9 nitrogen and oxygen atoms in total. The molecule has 1 aliphatic heterocycles. The quantitative estimate of drug-likeness (QED) is 0.388. The Labute approximate surface area is 230 Å². The molecule has 0 bridgehead atoms. The first-order chi connectivity index (χ1) is 19.4. The van der Waals surface area contributed by atoms with Crippen molar-refractivity contribution in [2.24, 2.45) is 0 Å². The molecule has 1 fully saturated rings. The van der Waals surface area contributed by atoms with Gasteiger partial charge >= 0.3 is 6.36 Å². The minimum absolute atomic E-state index is 0.0849. The molecule has 2 atom stereocenters. The monoisotopic (exact) mass is 581 g/mol. The van der Waals surface area contributed by atoms with E-state index in [1.807, 2.05) is 0 Å². The fourth-order valence-corrected chi connectivity index (χ4v) is 4.53. The summed E-state index contributed by atoms with van der Waals surface area (Å²) in [4.78, 5) is 40.8. The van der Waals surface area contributed by atoms with Gasteiger partial charge in [0.1, 0.15) is 34.9 Å². The van der Waals surface area contributed by atoms with Crippen LogP contribution in [0, 0.1) is 11.6 Å². The van der Waals surface area contributed by atoms with Crippen LogP contribution >= 0.6 is 0 Å². The van der Waals surface area contributed by atoms with E-state index < -0.39 is 58.6 Å². The van der Waals surface area contributed by atoms with Crippen molar-refractivity contribution in [3.8, 4) is 11.5 Å². The normalized spacial score (nSPS) is 17.0. The molecule has 1 aliphatic rings. The largest absolute Gasteiger partial charge is 0.573 e. The first-order valence-corrected chi connectivity index (χ1v) is 12.1. The second-order valence-electron chi connectivity index (χ2n) is 8.97. The number of nitrogens with one attached hydrogen (secondary N) is 1. The number of rotatable bonds is 9. The third-order valence-electron chi connectivity index (χ3n) is 6.44. The topological polar surface area (TPSA) is 99.1 Å². The molecule has 0 aliphatic carbocycles. The van der Waals surface area contributed by atoms with E-state index in [1.54, 1.807) is 0 Å². The zero-order valence-corrected chi connectivity index (χ0v) is 21.7. The van der Waals surface area contributed by atoms with Crippen LogP contribution in [0.3, 0.4) is 0 Å². The second-order valence-corrected chi connectivity index (χ2v) is 8.97. The third-order valence-corrected chi connectivity index (χ3v) is 6.44. The number of amides is 2. The van der Waals surface area contributed by atoms with Crippen molar-refractivity contribution >= 4 is 17.5 Å². The van der Waals surface area contributed by atoms with Crippen molar-refractivity contribution in [3.05, 3.63) is 87.8 Å². The summed E-state index contributed by atoms with van der Waals surface area (Å²) in [5, 5.41) is 2.43. The molecule has 2 heterocycles.